The number of rotatable bonds is 1. The second-order valence-corrected chi connectivity index (χ2v) is 4.03. The van der Waals surface area contributed by atoms with Gasteiger partial charge in [0.1, 0.15) is 0 Å². The summed E-state index contributed by atoms with van der Waals surface area (Å²) in [7, 11) is 0. The van der Waals surface area contributed by atoms with E-state index in [0.29, 0.717) is 6.42 Å². The number of nitrogens with one attached hydrogen (secondary N) is 1. The second-order valence-electron chi connectivity index (χ2n) is 4.03. The van der Waals surface area contributed by atoms with Gasteiger partial charge in [-0.2, -0.15) is 0 Å². The van der Waals surface area contributed by atoms with E-state index in [2.05, 4.69) is 5.48 Å². The largest absolute Gasteiger partial charge is 0.279 e. The zero-order chi connectivity index (χ0) is 11.1. The van der Waals surface area contributed by atoms with Gasteiger partial charge in [0.25, 0.3) is 0 Å². The first-order chi connectivity index (χ1) is 7.75. The van der Waals surface area contributed by atoms with E-state index in [1.54, 1.807) is 4.90 Å². The van der Waals surface area contributed by atoms with Crippen LogP contribution in [0, 0.1) is 0 Å². The summed E-state index contributed by atoms with van der Waals surface area (Å²) in [6.07, 6.45) is 2.04. The Morgan fingerprint density at radius 1 is 1.44 bits per heavy atom. The van der Waals surface area contributed by atoms with Gasteiger partial charge in [-0.15, -0.1) is 0 Å². The van der Waals surface area contributed by atoms with E-state index in [-0.39, 0.29) is 12.1 Å². The van der Waals surface area contributed by atoms with Crippen LogP contribution in [0.3, 0.4) is 0 Å². The van der Waals surface area contributed by atoms with E-state index >= 15 is 0 Å². The Hall–Kier alpha value is -1.81. The quantitative estimate of drug-likeness (QED) is 0.770. The second kappa shape index (κ2) is 3.35. The number of anilines is 1. The van der Waals surface area contributed by atoms with Crippen LogP contribution >= 0.6 is 0 Å². The number of hydrogen-bond acceptors (Lipinski definition) is 3. The molecule has 2 aliphatic rings. The van der Waals surface area contributed by atoms with E-state index in [1.165, 1.54) is 0 Å². The summed E-state index contributed by atoms with van der Waals surface area (Å²) in [6, 6.07) is 7.81. The van der Waals surface area contributed by atoms with Crippen molar-refractivity contribution in [3.05, 3.63) is 41.6 Å². The van der Waals surface area contributed by atoms with Gasteiger partial charge in [-0.05, 0) is 24.6 Å². The third-order valence-corrected chi connectivity index (χ3v) is 2.85. The van der Waals surface area contributed by atoms with Gasteiger partial charge in [0.2, 0.25) is 5.91 Å². The molecule has 0 aromatic heterocycles. The van der Waals surface area contributed by atoms with Gasteiger partial charge in [-0.1, -0.05) is 18.2 Å². The molecule has 1 atom stereocenters. The number of amides is 1. The molecule has 1 aromatic carbocycles. The summed E-state index contributed by atoms with van der Waals surface area (Å²) in [5, 5.41) is 0. The number of benzene rings is 1. The third-order valence-electron chi connectivity index (χ3n) is 2.85. The Balaban J connectivity index is 1.99. The van der Waals surface area contributed by atoms with Crippen LogP contribution in [0.2, 0.25) is 0 Å². The summed E-state index contributed by atoms with van der Waals surface area (Å²) in [5.41, 5.74) is 5.71. The number of allylic oxidation sites excluding steroid dienone is 1. The fraction of sp³-hybridized carbons (Fsp3) is 0.250. The minimum atomic E-state index is -0.323. The summed E-state index contributed by atoms with van der Waals surface area (Å²) in [4.78, 5) is 18.9. The topological polar surface area (TPSA) is 41.6 Å². The first-order valence-electron chi connectivity index (χ1n) is 5.26. The molecule has 2 aliphatic heterocycles. The molecule has 1 unspecified atom stereocenters. The van der Waals surface area contributed by atoms with Gasteiger partial charge in [0.15, 0.2) is 6.23 Å². The third kappa shape index (κ3) is 1.31. The molecule has 0 radical (unpaired) electrons. The Bertz CT molecular complexity index is 482. The lowest BCUT2D eigenvalue weighted by molar-refractivity contribution is -0.119. The molecule has 0 aliphatic carbocycles. The Morgan fingerprint density at radius 3 is 3.00 bits per heavy atom. The van der Waals surface area contributed by atoms with Crippen molar-refractivity contribution in [2.24, 2.45) is 0 Å². The minimum absolute atomic E-state index is 0.0824. The van der Waals surface area contributed by atoms with Crippen LogP contribution in [-0.4, -0.2) is 12.1 Å². The first kappa shape index (κ1) is 9.42. The molecule has 1 N–H and O–H groups in total. The number of para-hydroxylation sites is 1. The van der Waals surface area contributed by atoms with Crippen molar-refractivity contribution in [3.8, 4) is 0 Å². The maximum Gasteiger partial charge on any atom is 0.233 e. The summed E-state index contributed by atoms with van der Waals surface area (Å²) in [5.74, 6) is 0.0824. The highest BCUT2D eigenvalue weighted by molar-refractivity contribution is 6.01. The molecule has 16 heavy (non-hydrogen) atoms. The smallest absolute Gasteiger partial charge is 0.233 e. The first-order valence-corrected chi connectivity index (χ1v) is 5.26. The van der Waals surface area contributed by atoms with Crippen molar-refractivity contribution in [2.75, 3.05) is 4.90 Å². The van der Waals surface area contributed by atoms with E-state index < -0.39 is 0 Å². The number of fused-ring (bicyclic) bond motifs is 1. The normalized spacial score (nSPS) is 23.1. The monoisotopic (exact) mass is 216 g/mol. The van der Waals surface area contributed by atoms with Crippen LogP contribution in [0.25, 0.3) is 0 Å². The molecule has 3 rings (SSSR count). The number of hydroxylamine groups is 1. The van der Waals surface area contributed by atoms with E-state index in [4.69, 9.17) is 4.84 Å². The van der Waals surface area contributed by atoms with Crippen LogP contribution in [0.4, 0.5) is 5.69 Å². The van der Waals surface area contributed by atoms with Crippen LogP contribution in [0.5, 0.6) is 0 Å². The fourth-order valence-corrected chi connectivity index (χ4v) is 2.12. The lowest BCUT2D eigenvalue weighted by atomic mass is 10.2. The maximum atomic E-state index is 11.9. The average molecular weight is 216 g/mol. The van der Waals surface area contributed by atoms with Crippen LogP contribution < -0.4 is 10.4 Å². The molecular weight excluding hydrogens is 204 g/mol. The molecule has 0 spiro atoms. The van der Waals surface area contributed by atoms with E-state index in [1.807, 2.05) is 37.3 Å². The van der Waals surface area contributed by atoms with Gasteiger partial charge < -0.3 is 0 Å². The zero-order valence-corrected chi connectivity index (χ0v) is 8.93. The molecule has 1 amide bonds. The average Bonchev–Trinajstić information content (AvgIpc) is 2.80. The highest BCUT2D eigenvalue weighted by Gasteiger charge is 2.34. The molecule has 0 saturated heterocycles. The maximum absolute atomic E-state index is 11.9. The highest BCUT2D eigenvalue weighted by Crippen LogP contribution is 2.31. The summed E-state index contributed by atoms with van der Waals surface area (Å²) < 4.78 is 0. The molecule has 82 valence electrons. The SMILES string of the molecule is CC1=CC(N2C(=O)Cc3ccccc32)ON1. The van der Waals surface area contributed by atoms with Crippen LogP contribution in [-0.2, 0) is 16.1 Å². The van der Waals surface area contributed by atoms with Gasteiger partial charge in [-0.3, -0.25) is 15.2 Å². The van der Waals surface area contributed by atoms with Gasteiger partial charge in [0.05, 0.1) is 12.1 Å². The standard InChI is InChI=1S/C12H12N2O2/c1-8-6-12(16-13-8)14-10-5-3-2-4-9(10)7-11(14)15/h2-6,12-13H,7H2,1H3. The molecule has 2 heterocycles. The predicted molar refractivity (Wildman–Crippen MR) is 59.4 cm³/mol. The van der Waals surface area contributed by atoms with Gasteiger partial charge in [0, 0.05) is 5.70 Å². The molecule has 0 saturated carbocycles. The summed E-state index contributed by atoms with van der Waals surface area (Å²) >= 11 is 0. The number of carbonyl (C=O) groups is 1. The van der Waals surface area contributed by atoms with Crippen LogP contribution in [0.15, 0.2) is 36.0 Å². The molecule has 0 fully saturated rings. The van der Waals surface area contributed by atoms with Crippen molar-refractivity contribution in [1.29, 1.82) is 0 Å². The lowest BCUT2D eigenvalue weighted by Gasteiger charge is -2.21. The zero-order valence-electron chi connectivity index (χ0n) is 8.93. The molecule has 4 nitrogen and oxygen atoms in total. The van der Waals surface area contributed by atoms with E-state index in [9.17, 15) is 4.79 Å². The lowest BCUT2D eigenvalue weighted by Crippen LogP contribution is -2.38. The van der Waals surface area contributed by atoms with Crippen LogP contribution in [0.1, 0.15) is 12.5 Å². The molecule has 1 aromatic rings. The number of nitrogens with zero attached hydrogens (tertiary/aromatic N) is 1. The predicted octanol–water partition coefficient (Wildman–Crippen LogP) is 1.34. The number of hydrogen-bond donors (Lipinski definition) is 1. The Morgan fingerprint density at radius 2 is 2.25 bits per heavy atom. The molecule has 0 bridgehead atoms. The van der Waals surface area contributed by atoms with Crippen molar-refractivity contribution in [2.45, 2.75) is 19.6 Å². The van der Waals surface area contributed by atoms with Crippen molar-refractivity contribution in [3.63, 3.8) is 0 Å². The Kier molecular flexibility index (Phi) is 1.97. The Labute approximate surface area is 93.5 Å². The van der Waals surface area contributed by atoms with Crippen molar-refractivity contribution >= 4 is 11.6 Å². The number of carbonyl (C=O) groups excluding carboxylic acids is 1. The van der Waals surface area contributed by atoms with Gasteiger partial charge in [-0.25, -0.2) is 4.84 Å². The highest BCUT2D eigenvalue weighted by atomic mass is 16.7. The summed E-state index contributed by atoms with van der Waals surface area (Å²) in [6.45, 7) is 1.91. The van der Waals surface area contributed by atoms with Gasteiger partial charge >= 0.3 is 0 Å². The molecule has 4 heteroatoms. The minimum Gasteiger partial charge on any atom is -0.279 e. The van der Waals surface area contributed by atoms with Crippen molar-refractivity contribution < 1.29 is 9.63 Å². The van der Waals surface area contributed by atoms with Crippen molar-refractivity contribution in [1.82, 2.24) is 5.48 Å². The fourth-order valence-electron chi connectivity index (χ4n) is 2.12. The molecular formula is C12H12N2O2. The van der Waals surface area contributed by atoms with E-state index in [0.717, 1.165) is 16.9 Å².